The van der Waals surface area contributed by atoms with E-state index in [0.29, 0.717) is 6.42 Å². The molecule has 0 aliphatic carbocycles. The molecule has 5 nitrogen and oxygen atoms in total. The second kappa shape index (κ2) is 6.68. The standard InChI is InChI=1S/C13H20N2O3S/c1-4-10-19(17,18)14(2)11-13(16)15(3)12-8-6-5-7-9-12/h5-9H,4,10-11H2,1-3H3. The molecule has 1 aromatic carbocycles. The number of nitrogens with zero attached hydrogens (tertiary/aromatic N) is 2. The molecule has 0 N–H and O–H groups in total. The van der Waals surface area contributed by atoms with Gasteiger partial charge < -0.3 is 4.90 Å². The van der Waals surface area contributed by atoms with Gasteiger partial charge in [-0.05, 0) is 18.6 Å². The Morgan fingerprint density at radius 3 is 2.26 bits per heavy atom. The van der Waals surface area contributed by atoms with E-state index in [1.54, 1.807) is 26.1 Å². The summed E-state index contributed by atoms with van der Waals surface area (Å²) in [6.45, 7) is 1.65. The number of hydrogen-bond acceptors (Lipinski definition) is 3. The van der Waals surface area contributed by atoms with Gasteiger partial charge in [-0.3, -0.25) is 4.79 Å². The van der Waals surface area contributed by atoms with Crippen molar-refractivity contribution in [3.05, 3.63) is 30.3 Å². The van der Waals surface area contributed by atoms with Gasteiger partial charge in [0.05, 0.1) is 12.3 Å². The summed E-state index contributed by atoms with van der Waals surface area (Å²) < 4.78 is 24.7. The highest BCUT2D eigenvalue weighted by molar-refractivity contribution is 7.89. The zero-order valence-electron chi connectivity index (χ0n) is 11.5. The van der Waals surface area contributed by atoms with Crippen LogP contribution in [0.5, 0.6) is 0 Å². The summed E-state index contributed by atoms with van der Waals surface area (Å²) in [7, 11) is -0.266. The third-order valence-corrected chi connectivity index (χ3v) is 4.82. The number of para-hydroxylation sites is 1. The van der Waals surface area contributed by atoms with Crippen molar-refractivity contribution >= 4 is 21.6 Å². The number of carbonyl (C=O) groups is 1. The van der Waals surface area contributed by atoms with Crippen LogP contribution in [0.15, 0.2) is 30.3 Å². The van der Waals surface area contributed by atoms with Crippen LogP contribution < -0.4 is 4.90 Å². The lowest BCUT2D eigenvalue weighted by molar-refractivity contribution is -0.118. The van der Waals surface area contributed by atoms with Gasteiger partial charge in [-0.15, -0.1) is 0 Å². The summed E-state index contributed by atoms with van der Waals surface area (Å²) in [4.78, 5) is 13.5. The van der Waals surface area contributed by atoms with E-state index in [2.05, 4.69) is 0 Å². The molecule has 0 aliphatic rings. The summed E-state index contributed by atoms with van der Waals surface area (Å²) in [5, 5.41) is 0. The molecule has 0 saturated carbocycles. The maximum atomic E-state index is 12.0. The number of rotatable bonds is 6. The van der Waals surface area contributed by atoms with Crippen molar-refractivity contribution in [1.29, 1.82) is 0 Å². The first-order valence-corrected chi connectivity index (χ1v) is 7.75. The van der Waals surface area contributed by atoms with Gasteiger partial charge in [0.25, 0.3) is 0 Å². The molecule has 0 bridgehead atoms. The maximum Gasteiger partial charge on any atom is 0.242 e. The maximum absolute atomic E-state index is 12.0. The normalized spacial score (nSPS) is 11.6. The predicted molar refractivity (Wildman–Crippen MR) is 76.6 cm³/mol. The van der Waals surface area contributed by atoms with Crippen molar-refractivity contribution in [3.63, 3.8) is 0 Å². The zero-order valence-corrected chi connectivity index (χ0v) is 12.4. The fourth-order valence-electron chi connectivity index (χ4n) is 1.60. The van der Waals surface area contributed by atoms with Crippen LogP contribution in [0.4, 0.5) is 5.69 Å². The molecule has 19 heavy (non-hydrogen) atoms. The lowest BCUT2D eigenvalue weighted by atomic mass is 10.3. The molecular formula is C13H20N2O3S. The van der Waals surface area contributed by atoms with Gasteiger partial charge in [-0.2, -0.15) is 4.31 Å². The molecule has 0 atom stereocenters. The molecule has 0 aliphatic heterocycles. The average Bonchev–Trinajstić information content (AvgIpc) is 2.38. The van der Waals surface area contributed by atoms with Gasteiger partial charge in [0.1, 0.15) is 0 Å². The summed E-state index contributed by atoms with van der Waals surface area (Å²) in [6, 6.07) is 9.13. The van der Waals surface area contributed by atoms with Gasteiger partial charge in [-0.25, -0.2) is 8.42 Å². The Morgan fingerprint density at radius 1 is 1.16 bits per heavy atom. The zero-order chi connectivity index (χ0) is 14.5. The fourth-order valence-corrected chi connectivity index (χ4v) is 2.74. The highest BCUT2D eigenvalue weighted by atomic mass is 32.2. The van der Waals surface area contributed by atoms with Crippen LogP contribution in [-0.4, -0.2) is 45.0 Å². The number of hydrogen-bond donors (Lipinski definition) is 0. The summed E-state index contributed by atoms with van der Waals surface area (Å²) >= 11 is 0. The quantitative estimate of drug-likeness (QED) is 0.791. The number of likely N-dealkylation sites (N-methyl/N-ethyl adjacent to an activating group) is 2. The van der Waals surface area contributed by atoms with Crippen LogP contribution in [0, 0.1) is 0 Å². The van der Waals surface area contributed by atoms with Gasteiger partial charge in [-0.1, -0.05) is 25.1 Å². The lowest BCUT2D eigenvalue weighted by Crippen LogP contribution is -2.40. The Kier molecular flexibility index (Phi) is 5.50. The molecule has 0 saturated heterocycles. The van der Waals surface area contributed by atoms with E-state index >= 15 is 0 Å². The van der Waals surface area contributed by atoms with E-state index in [1.807, 2.05) is 18.2 Å². The molecular weight excluding hydrogens is 264 g/mol. The Hall–Kier alpha value is -1.40. The molecule has 106 valence electrons. The summed E-state index contributed by atoms with van der Waals surface area (Å²) in [6.07, 6.45) is 0.537. The monoisotopic (exact) mass is 284 g/mol. The number of carbonyl (C=O) groups excluding carboxylic acids is 1. The minimum atomic E-state index is -3.34. The lowest BCUT2D eigenvalue weighted by Gasteiger charge is -2.21. The summed E-state index contributed by atoms with van der Waals surface area (Å²) in [5.41, 5.74) is 0.744. The van der Waals surface area contributed by atoms with E-state index in [9.17, 15) is 13.2 Å². The van der Waals surface area contributed by atoms with E-state index in [-0.39, 0.29) is 18.2 Å². The van der Waals surface area contributed by atoms with Crippen LogP contribution in [0.2, 0.25) is 0 Å². The third-order valence-electron chi connectivity index (χ3n) is 2.81. The molecule has 0 fully saturated rings. The Morgan fingerprint density at radius 2 is 1.74 bits per heavy atom. The van der Waals surface area contributed by atoms with Gasteiger partial charge in [0.15, 0.2) is 0 Å². The van der Waals surface area contributed by atoms with Crippen molar-refractivity contribution in [2.75, 3.05) is 31.3 Å². The van der Waals surface area contributed by atoms with Crippen LogP contribution in [0.3, 0.4) is 0 Å². The average molecular weight is 284 g/mol. The van der Waals surface area contributed by atoms with E-state index in [0.717, 1.165) is 9.99 Å². The molecule has 1 rings (SSSR count). The first-order chi connectivity index (χ1) is 8.88. The highest BCUT2D eigenvalue weighted by Gasteiger charge is 2.21. The SMILES string of the molecule is CCCS(=O)(=O)N(C)CC(=O)N(C)c1ccccc1. The second-order valence-electron chi connectivity index (χ2n) is 4.36. The number of amides is 1. The van der Waals surface area contributed by atoms with Crippen molar-refractivity contribution in [1.82, 2.24) is 4.31 Å². The minimum absolute atomic E-state index is 0.0613. The molecule has 0 radical (unpaired) electrons. The Balaban J connectivity index is 2.70. The van der Waals surface area contributed by atoms with E-state index in [1.165, 1.54) is 11.9 Å². The number of anilines is 1. The van der Waals surface area contributed by atoms with Gasteiger partial charge in [0, 0.05) is 19.8 Å². The fraction of sp³-hybridized carbons (Fsp3) is 0.462. The van der Waals surface area contributed by atoms with E-state index < -0.39 is 10.0 Å². The first kappa shape index (κ1) is 15.7. The van der Waals surface area contributed by atoms with Crippen molar-refractivity contribution in [3.8, 4) is 0 Å². The third kappa shape index (κ3) is 4.33. The van der Waals surface area contributed by atoms with Crippen molar-refractivity contribution in [2.45, 2.75) is 13.3 Å². The largest absolute Gasteiger partial charge is 0.314 e. The predicted octanol–water partition coefficient (Wildman–Crippen LogP) is 1.32. The molecule has 0 spiro atoms. The van der Waals surface area contributed by atoms with Gasteiger partial charge >= 0.3 is 0 Å². The van der Waals surface area contributed by atoms with Crippen LogP contribution in [-0.2, 0) is 14.8 Å². The van der Waals surface area contributed by atoms with E-state index in [4.69, 9.17) is 0 Å². The number of sulfonamides is 1. The Bertz CT molecular complexity index is 514. The summed E-state index contributed by atoms with van der Waals surface area (Å²) in [5.74, 6) is -0.195. The van der Waals surface area contributed by atoms with Gasteiger partial charge in [0.2, 0.25) is 15.9 Å². The van der Waals surface area contributed by atoms with Crippen molar-refractivity contribution in [2.24, 2.45) is 0 Å². The topological polar surface area (TPSA) is 57.7 Å². The first-order valence-electron chi connectivity index (χ1n) is 6.14. The highest BCUT2D eigenvalue weighted by Crippen LogP contribution is 2.12. The number of benzene rings is 1. The van der Waals surface area contributed by atoms with Crippen LogP contribution in [0.25, 0.3) is 0 Å². The molecule has 0 heterocycles. The molecule has 1 amide bonds. The van der Waals surface area contributed by atoms with Crippen LogP contribution in [0.1, 0.15) is 13.3 Å². The molecule has 0 aromatic heterocycles. The smallest absolute Gasteiger partial charge is 0.242 e. The second-order valence-corrected chi connectivity index (χ2v) is 6.56. The molecule has 1 aromatic rings. The minimum Gasteiger partial charge on any atom is -0.314 e. The van der Waals surface area contributed by atoms with Crippen molar-refractivity contribution < 1.29 is 13.2 Å². The Labute approximate surface area is 114 Å². The molecule has 0 unspecified atom stereocenters. The van der Waals surface area contributed by atoms with Crippen LogP contribution >= 0.6 is 0 Å². The molecule has 6 heteroatoms.